The van der Waals surface area contributed by atoms with E-state index in [1.54, 1.807) is 28.9 Å². The monoisotopic (exact) mass is 387 g/mol. The van der Waals surface area contributed by atoms with Crippen molar-refractivity contribution < 1.29 is 18.0 Å². The standard InChI is InChI=1S/C21H20F3N3O/c1-3-20(28)25-11-10-14(2)27-13-16-9-8-15(12-19(16)26-27)17-6-4-5-7-18(17)21(22,23)24/h3-9,12-14H,1,10-11H2,2H3,(H,25,28). The highest BCUT2D eigenvalue weighted by Gasteiger charge is 2.33. The lowest BCUT2D eigenvalue weighted by atomic mass is 9.98. The molecule has 3 aromatic rings. The first kappa shape index (κ1) is 19.7. The molecule has 0 aliphatic carbocycles. The highest BCUT2D eigenvalue weighted by Crippen LogP contribution is 2.37. The van der Waals surface area contributed by atoms with Gasteiger partial charge in [0.05, 0.1) is 17.1 Å². The molecular weight excluding hydrogens is 367 g/mol. The number of benzene rings is 2. The number of halogens is 3. The third-order valence-electron chi connectivity index (χ3n) is 4.57. The fourth-order valence-electron chi connectivity index (χ4n) is 3.02. The summed E-state index contributed by atoms with van der Waals surface area (Å²) in [6.07, 6.45) is -0.686. The second-order valence-electron chi connectivity index (χ2n) is 6.56. The van der Waals surface area contributed by atoms with Gasteiger partial charge in [-0.2, -0.15) is 18.3 Å². The molecule has 2 aromatic carbocycles. The molecule has 28 heavy (non-hydrogen) atoms. The molecule has 0 aliphatic rings. The van der Waals surface area contributed by atoms with Crippen molar-refractivity contribution in [3.8, 4) is 11.1 Å². The van der Waals surface area contributed by atoms with Gasteiger partial charge in [-0.25, -0.2) is 0 Å². The fourth-order valence-corrected chi connectivity index (χ4v) is 3.02. The van der Waals surface area contributed by atoms with Gasteiger partial charge in [-0.15, -0.1) is 0 Å². The van der Waals surface area contributed by atoms with E-state index in [2.05, 4.69) is 17.0 Å². The predicted molar refractivity (Wildman–Crippen MR) is 103 cm³/mol. The van der Waals surface area contributed by atoms with E-state index in [9.17, 15) is 18.0 Å². The number of aromatic nitrogens is 2. The van der Waals surface area contributed by atoms with E-state index in [1.165, 1.54) is 18.2 Å². The molecule has 1 unspecified atom stereocenters. The number of nitrogens with one attached hydrogen (secondary N) is 1. The molecule has 0 aliphatic heterocycles. The Kier molecular flexibility index (Phi) is 5.53. The van der Waals surface area contributed by atoms with Gasteiger partial charge >= 0.3 is 6.18 Å². The highest BCUT2D eigenvalue weighted by atomic mass is 19.4. The Labute approximate surface area is 160 Å². The first-order chi connectivity index (χ1) is 13.3. The van der Waals surface area contributed by atoms with Crippen LogP contribution in [0.3, 0.4) is 0 Å². The average Bonchev–Trinajstić information content (AvgIpc) is 3.10. The summed E-state index contributed by atoms with van der Waals surface area (Å²) in [5, 5.41) is 8.07. The van der Waals surface area contributed by atoms with E-state index in [4.69, 9.17) is 0 Å². The average molecular weight is 387 g/mol. The number of hydrogen-bond donors (Lipinski definition) is 1. The molecule has 0 spiro atoms. The Morgan fingerprint density at radius 1 is 1.29 bits per heavy atom. The summed E-state index contributed by atoms with van der Waals surface area (Å²) in [5.74, 6) is -0.231. The zero-order chi connectivity index (χ0) is 20.3. The van der Waals surface area contributed by atoms with Crippen molar-refractivity contribution in [3.63, 3.8) is 0 Å². The van der Waals surface area contributed by atoms with Crippen molar-refractivity contribution in [1.29, 1.82) is 0 Å². The smallest absolute Gasteiger partial charge is 0.352 e. The predicted octanol–water partition coefficient (Wildman–Crippen LogP) is 4.98. The van der Waals surface area contributed by atoms with Crippen LogP contribution in [-0.2, 0) is 11.0 Å². The highest BCUT2D eigenvalue weighted by molar-refractivity contribution is 5.86. The Morgan fingerprint density at radius 2 is 2.04 bits per heavy atom. The first-order valence-electron chi connectivity index (χ1n) is 8.85. The molecule has 1 amide bonds. The van der Waals surface area contributed by atoms with Crippen LogP contribution in [0.1, 0.15) is 24.9 Å². The normalized spacial score (nSPS) is 12.7. The van der Waals surface area contributed by atoms with Gasteiger partial charge in [0.2, 0.25) is 5.91 Å². The van der Waals surface area contributed by atoms with Crippen LogP contribution in [-0.4, -0.2) is 22.2 Å². The van der Waals surface area contributed by atoms with Crippen molar-refractivity contribution in [3.05, 3.63) is 66.9 Å². The Balaban J connectivity index is 1.86. The molecule has 1 heterocycles. The van der Waals surface area contributed by atoms with Gasteiger partial charge in [0.25, 0.3) is 0 Å². The third kappa shape index (κ3) is 4.24. The van der Waals surface area contributed by atoms with Crippen molar-refractivity contribution in [2.75, 3.05) is 6.54 Å². The summed E-state index contributed by atoms with van der Waals surface area (Å²) < 4.78 is 41.7. The molecule has 1 aromatic heterocycles. The minimum absolute atomic E-state index is 0.0171. The summed E-state index contributed by atoms with van der Waals surface area (Å²) in [6, 6.07) is 10.6. The number of nitrogens with zero attached hydrogens (tertiary/aromatic N) is 2. The van der Waals surface area contributed by atoms with E-state index >= 15 is 0 Å². The van der Waals surface area contributed by atoms with Crippen LogP contribution in [0.4, 0.5) is 13.2 Å². The van der Waals surface area contributed by atoms with Crippen LogP contribution in [0.15, 0.2) is 61.3 Å². The molecule has 4 nitrogen and oxygen atoms in total. The maximum atomic E-state index is 13.3. The number of rotatable bonds is 6. The van der Waals surface area contributed by atoms with Crippen LogP contribution in [0.5, 0.6) is 0 Å². The zero-order valence-electron chi connectivity index (χ0n) is 15.3. The minimum atomic E-state index is -4.42. The summed E-state index contributed by atoms with van der Waals surface area (Å²) in [4.78, 5) is 11.2. The lowest BCUT2D eigenvalue weighted by Gasteiger charge is -2.12. The summed E-state index contributed by atoms with van der Waals surface area (Å²) in [6.45, 7) is 5.84. The first-order valence-corrected chi connectivity index (χ1v) is 8.85. The number of alkyl halides is 3. The molecule has 0 saturated carbocycles. The van der Waals surface area contributed by atoms with Gasteiger partial charge in [0.15, 0.2) is 0 Å². The number of carbonyl (C=O) groups is 1. The quantitative estimate of drug-likeness (QED) is 0.607. The second kappa shape index (κ2) is 7.88. The van der Waals surface area contributed by atoms with Crippen LogP contribution in [0, 0.1) is 0 Å². The number of hydrogen-bond acceptors (Lipinski definition) is 2. The van der Waals surface area contributed by atoms with Crippen molar-refractivity contribution >= 4 is 16.8 Å². The van der Waals surface area contributed by atoms with Gasteiger partial charge in [-0.05, 0) is 42.7 Å². The molecule has 1 N–H and O–H groups in total. The maximum absolute atomic E-state index is 13.3. The molecule has 0 saturated heterocycles. The Morgan fingerprint density at radius 3 is 2.75 bits per heavy atom. The number of amides is 1. The molecule has 3 rings (SSSR count). The molecule has 0 bridgehead atoms. The van der Waals surface area contributed by atoms with Gasteiger partial charge < -0.3 is 5.32 Å². The van der Waals surface area contributed by atoms with Crippen LogP contribution < -0.4 is 5.32 Å². The minimum Gasteiger partial charge on any atom is -0.352 e. The third-order valence-corrected chi connectivity index (χ3v) is 4.57. The number of carbonyl (C=O) groups excluding carboxylic acids is 1. The molecule has 7 heteroatoms. The van der Waals surface area contributed by atoms with Gasteiger partial charge in [-0.1, -0.05) is 36.9 Å². The lowest BCUT2D eigenvalue weighted by Crippen LogP contribution is -2.24. The van der Waals surface area contributed by atoms with Gasteiger partial charge in [0.1, 0.15) is 0 Å². The van der Waals surface area contributed by atoms with Crippen LogP contribution in [0.25, 0.3) is 22.0 Å². The fraction of sp³-hybridized carbons (Fsp3) is 0.238. The molecule has 146 valence electrons. The van der Waals surface area contributed by atoms with Crippen LogP contribution >= 0.6 is 0 Å². The van der Waals surface area contributed by atoms with Crippen molar-refractivity contribution in [1.82, 2.24) is 15.1 Å². The van der Waals surface area contributed by atoms with Crippen molar-refractivity contribution in [2.45, 2.75) is 25.6 Å². The largest absolute Gasteiger partial charge is 0.417 e. The molecule has 0 radical (unpaired) electrons. The van der Waals surface area contributed by atoms with E-state index in [1.807, 2.05) is 13.1 Å². The summed E-state index contributed by atoms with van der Waals surface area (Å²) in [5.41, 5.74) is 0.555. The Bertz CT molecular complexity index is 1010. The molecule has 0 fully saturated rings. The second-order valence-corrected chi connectivity index (χ2v) is 6.56. The Hall–Kier alpha value is -3.09. The zero-order valence-corrected chi connectivity index (χ0v) is 15.3. The topological polar surface area (TPSA) is 46.9 Å². The molecule has 1 atom stereocenters. The van der Waals surface area contributed by atoms with Crippen LogP contribution in [0.2, 0.25) is 0 Å². The van der Waals surface area contributed by atoms with E-state index in [0.717, 1.165) is 11.5 Å². The van der Waals surface area contributed by atoms with E-state index < -0.39 is 11.7 Å². The van der Waals surface area contributed by atoms with E-state index in [0.29, 0.717) is 24.0 Å². The maximum Gasteiger partial charge on any atom is 0.417 e. The summed E-state index contributed by atoms with van der Waals surface area (Å²) >= 11 is 0. The SMILES string of the molecule is C=CC(=O)NCCC(C)n1cc2ccc(-c3ccccc3C(F)(F)F)cc2n1. The summed E-state index contributed by atoms with van der Waals surface area (Å²) in [7, 11) is 0. The van der Waals surface area contributed by atoms with Gasteiger partial charge in [0, 0.05) is 18.1 Å². The van der Waals surface area contributed by atoms with E-state index in [-0.39, 0.29) is 17.5 Å². The number of fused-ring (bicyclic) bond motifs is 1. The molecular formula is C21H20F3N3O. The lowest BCUT2D eigenvalue weighted by molar-refractivity contribution is -0.137. The van der Waals surface area contributed by atoms with Crippen molar-refractivity contribution in [2.24, 2.45) is 0 Å². The van der Waals surface area contributed by atoms with Gasteiger partial charge in [-0.3, -0.25) is 9.48 Å².